The average molecular weight is 361 g/mol. The van der Waals surface area contributed by atoms with Gasteiger partial charge in [0.15, 0.2) is 11.5 Å². The molecule has 0 heterocycles. The molecule has 0 fully saturated rings. The van der Waals surface area contributed by atoms with Gasteiger partial charge in [-0.15, -0.1) is 0 Å². The summed E-state index contributed by atoms with van der Waals surface area (Å²) in [5, 5.41) is 2.88. The smallest absolute Gasteiger partial charge is 0.220 e. The first kappa shape index (κ1) is 19.6. The molecule has 0 saturated carbocycles. The highest BCUT2D eigenvalue weighted by atomic mass is 19.1. The molecule has 0 unspecified atom stereocenters. The second-order valence-electron chi connectivity index (χ2n) is 5.76. The van der Waals surface area contributed by atoms with Gasteiger partial charge in [-0.3, -0.25) is 4.79 Å². The van der Waals surface area contributed by atoms with Gasteiger partial charge >= 0.3 is 0 Å². The monoisotopic (exact) mass is 361 g/mol. The highest BCUT2D eigenvalue weighted by Crippen LogP contribution is 2.38. The molecule has 0 saturated heterocycles. The molecule has 2 aromatic carbocycles. The van der Waals surface area contributed by atoms with Gasteiger partial charge < -0.3 is 19.5 Å². The minimum atomic E-state index is -0.261. The van der Waals surface area contributed by atoms with E-state index in [1.165, 1.54) is 12.1 Å². The van der Waals surface area contributed by atoms with Crippen LogP contribution in [-0.2, 0) is 17.6 Å². The van der Waals surface area contributed by atoms with Crippen LogP contribution in [0.1, 0.15) is 17.5 Å². The van der Waals surface area contributed by atoms with E-state index in [9.17, 15) is 9.18 Å². The van der Waals surface area contributed by atoms with E-state index in [2.05, 4.69) is 5.32 Å². The van der Waals surface area contributed by atoms with Crippen LogP contribution < -0.4 is 19.5 Å². The molecule has 5 nitrogen and oxygen atoms in total. The minimum Gasteiger partial charge on any atom is -0.493 e. The molecule has 0 aliphatic rings. The Labute approximate surface area is 153 Å². The summed E-state index contributed by atoms with van der Waals surface area (Å²) in [4.78, 5) is 12.0. The molecule has 0 radical (unpaired) electrons. The molecule has 2 rings (SSSR count). The van der Waals surface area contributed by atoms with Crippen molar-refractivity contribution in [2.45, 2.75) is 19.3 Å². The van der Waals surface area contributed by atoms with Gasteiger partial charge in [0.05, 0.1) is 21.3 Å². The first-order valence-electron chi connectivity index (χ1n) is 8.37. The zero-order valence-electron chi connectivity index (χ0n) is 15.3. The third kappa shape index (κ3) is 5.37. The molecule has 1 amide bonds. The first-order valence-corrected chi connectivity index (χ1v) is 8.37. The van der Waals surface area contributed by atoms with E-state index < -0.39 is 0 Å². The predicted molar refractivity (Wildman–Crippen MR) is 97.5 cm³/mol. The zero-order valence-corrected chi connectivity index (χ0v) is 15.3. The number of halogens is 1. The Hall–Kier alpha value is -2.76. The Morgan fingerprint density at radius 2 is 1.54 bits per heavy atom. The van der Waals surface area contributed by atoms with E-state index in [-0.39, 0.29) is 11.7 Å². The highest BCUT2D eigenvalue weighted by Gasteiger charge is 2.13. The predicted octanol–water partition coefficient (Wildman–Crippen LogP) is 3.14. The Kier molecular flexibility index (Phi) is 7.26. The van der Waals surface area contributed by atoms with Crippen LogP contribution in [0.4, 0.5) is 4.39 Å². The highest BCUT2D eigenvalue weighted by molar-refractivity contribution is 5.76. The lowest BCUT2D eigenvalue weighted by atomic mass is 10.1. The van der Waals surface area contributed by atoms with E-state index in [1.54, 1.807) is 33.5 Å². The van der Waals surface area contributed by atoms with E-state index >= 15 is 0 Å². The quantitative estimate of drug-likeness (QED) is 0.745. The fourth-order valence-corrected chi connectivity index (χ4v) is 2.62. The van der Waals surface area contributed by atoms with Crippen LogP contribution in [0.15, 0.2) is 36.4 Å². The summed E-state index contributed by atoms with van der Waals surface area (Å²) in [6, 6.07) is 9.96. The van der Waals surface area contributed by atoms with Crippen LogP contribution in [0, 0.1) is 5.82 Å². The molecular formula is C20H24FNO4. The third-order valence-electron chi connectivity index (χ3n) is 4.01. The van der Waals surface area contributed by atoms with Crippen LogP contribution in [0.3, 0.4) is 0 Å². The lowest BCUT2D eigenvalue weighted by Crippen LogP contribution is -2.25. The number of hydrogen-bond donors (Lipinski definition) is 1. The molecule has 0 atom stereocenters. The molecule has 0 spiro atoms. The molecule has 0 aliphatic heterocycles. The van der Waals surface area contributed by atoms with Gasteiger partial charge in [-0.05, 0) is 48.2 Å². The molecule has 0 bridgehead atoms. The maximum absolute atomic E-state index is 12.9. The molecule has 0 aliphatic carbocycles. The Morgan fingerprint density at radius 3 is 2.08 bits per heavy atom. The second kappa shape index (κ2) is 9.65. The molecule has 0 aromatic heterocycles. The van der Waals surface area contributed by atoms with Crippen molar-refractivity contribution in [2.75, 3.05) is 27.9 Å². The van der Waals surface area contributed by atoms with Gasteiger partial charge in [0, 0.05) is 13.0 Å². The number of aryl methyl sites for hydroxylation is 1. The van der Waals surface area contributed by atoms with Crippen LogP contribution in [-0.4, -0.2) is 33.8 Å². The van der Waals surface area contributed by atoms with Crippen LogP contribution in [0.25, 0.3) is 0 Å². The maximum Gasteiger partial charge on any atom is 0.220 e. The molecule has 140 valence electrons. The minimum absolute atomic E-state index is 0.0409. The number of hydrogen-bond acceptors (Lipinski definition) is 4. The molecule has 2 aromatic rings. The maximum atomic E-state index is 12.9. The standard InChI is InChI=1S/C20H24FNO4/c1-24-17-12-15(13-18(25-2)20(17)26-3)6-9-19(23)22-11-10-14-4-7-16(21)8-5-14/h4-5,7-8,12-13H,6,9-11H2,1-3H3,(H,22,23). The largest absolute Gasteiger partial charge is 0.493 e. The van der Waals surface area contributed by atoms with Crippen LogP contribution in [0.2, 0.25) is 0 Å². The molecular weight excluding hydrogens is 337 g/mol. The molecule has 1 N–H and O–H groups in total. The van der Waals surface area contributed by atoms with Crippen molar-refractivity contribution in [1.82, 2.24) is 5.32 Å². The lowest BCUT2D eigenvalue weighted by Gasteiger charge is -2.14. The normalized spacial score (nSPS) is 10.3. The van der Waals surface area contributed by atoms with E-state index in [4.69, 9.17) is 14.2 Å². The van der Waals surface area contributed by atoms with Crippen molar-refractivity contribution >= 4 is 5.91 Å². The second-order valence-corrected chi connectivity index (χ2v) is 5.76. The Morgan fingerprint density at radius 1 is 0.923 bits per heavy atom. The Balaban J connectivity index is 1.85. The lowest BCUT2D eigenvalue weighted by molar-refractivity contribution is -0.121. The number of carbonyl (C=O) groups excluding carboxylic acids is 1. The van der Waals surface area contributed by atoms with Gasteiger partial charge in [-0.1, -0.05) is 12.1 Å². The van der Waals surface area contributed by atoms with Crippen molar-refractivity contribution < 1.29 is 23.4 Å². The number of methoxy groups -OCH3 is 3. The number of ether oxygens (including phenoxy) is 3. The SMILES string of the molecule is COc1cc(CCC(=O)NCCc2ccc(F)cc2)cc(OC)c1OC. The molecule has 6 heteroatoms. The number of carbonyl (C=O) groups is 1. The van der Waals surface area contributed by atoms with Gasteiger partial charge in [-0.2, -0.15) is 0 Å². The number of nitrogens with one attached hydrogen (secondary N) is 1. The van der Waals surface area contributed by atoms with Crippen molar-refractivity contribution in [2.24, 2.45) is 0 Å². The van der Waals surface area contributed by atoms with Crippen molar-refractivity contribution in [3.05, 3.63) is 53.3 Å². The summed E-state index contributed by atoms with van der Waals surface area (Å²) >= 11 is 0. The van der Waals surface area contributed by atoms with E-state index in [1.807, 2.05) is 12.1 Å². The van der Waals surface area contributed by atoms with Crippen molar-refractivity contribution in [3.63, 3.8) is 0 Å². The van der Waals surface area contributed by atoms with Gasteiger partial charge in [0.2, 0.25) is 11.7 Å². The number of benzene rings is 2. The van der Waals surface area contributed by atoms with Crippen molar-refractivity contribution in [1.29, 1.82) is 0 Å². The summed E-state index contributed by atoms with van der Waals surface area (Å²) < 4.78 is 28.8. The van der Waals surface area contributed by atoms with Crippen LogP contribution >= 0.6 is 0 Å². The van der Waals surface area contributed by atoms with Crippen LogP contribution in [0.5, 0.6) is 17.2 Å². The van der Waals surface area contributed by atoms with Gasteiger partial charge in [-0.25, -0.2) is 4.39 Å². The summed E-state index contributed by atoms with van der Waals surface area (Å²) in [7, 11) is 4.67. The van der Waals surface area contributed by atoms with Gasteiger partial charge in [0.25, 0.3) is 0 Å². The topological polar surface area (TPSA) is 56.8 Å². The summed E-state index contributed by atoms with van der Waals surface area (Å²) in [5.41, 5.74) is 1.91. The van der Waals surface area contributed by atoms with Crippen molar-refractivity contribution in [3.8, 4) is 17.2 Å². The summed E-state index contributed by atoms with van der Waals surface area (Å²) in [5.74, 6) is 1.36. The zero-order chi connectivity index (χ0) is 18.9. The summed E-state index contributed by atoms with van der Waals surface area (Å²) in [6.07, 6.45) is 1.57. The Bertz CT molecular complexity index is 706. The van der Waals surface area contributed by atoms with E-state index in [0.717, 1.165) is 11.1 Å². The fraction of sp³-hybridized carbons (Fsp3) is 0.350. The average Bonchev–Trinajstić information content (AvgIpc) is 2.66. The first-order chi connectivity index (χ1) is 12.6. The van der Waals surface area contributed by atoms with E-state index in [0.29, 0.717) is 43.1 Å². The molecule has 26 heavy (non-hydrogen) atoms. The van der Waals surface area contributed by atoms with Gasteiger partial charge in [0.1, 0.15) is 5.82 Å². The third-order valence-corrected chi connectivity index (χ3v) is 4.01. The fourth-order valence-electron chi connectivity index (χ4n) is 2.62. The number of amides is 1. The number of rotatable bonds is 9. The summed E-state index contributed by atoms with van der Waals surface area (Å²) in [6.45, 7) is 0.514.